The minimum atomic E-state index is -3.21. The Kier molecular flexibility index (Phi) is 3.15. The summed E-state index contributed by atoms with van der Waals surface area (Å²) in [5.41, 5.74) is -0.186. The lowest BCUT2D eigenvalue weighted by atomic mass is 10.1. The van der Waals surface area contributed by atoms with Crippen LogP contribution in [0.2, 0.25) is 0 Å². The molecule has 0 aliphatic carbocycles. The molecule has 0 saturated carbocycles. The Morgan fingerprint density at radius 1 is 1.33 bits per heavy atom. The van der Waals surface area contributed by atoms with Crippen molar-refractivity contribution in [3.05, 3.63) is 12.4 Å². The minimum absolute atomic E-state index is 0.186. The van der Waals surface area contributed by atoms with Crippen molar-refractivity contribution in [2.45, 2.75) is 26.3 Å². The molecule has 0 bridgehead atoms. The van der Waals surface area contributed by atoms with Crippen LogP contribution < -0.4 is 10.0 Å². The van der Waals surface area contributed by atoms with Crippen LogP contribution in [0.1, 0.15) is 20.8 Å². The van der Waals surface area contributed by atoms with Gasteiger partial charge in [-0.1, -0.05) is 6.58 Å². The van der Waals surface area contributed by atoms with Gasteiger partial charge < -0.3 is 5.32 Å². The summed E-state index contributed by atoms with van der Waals surface area (Å²) in [5, 5.41) is 2.89. The fraction of sp³-hybridized carbons (Fsp3) is 0.714. The maximum absolute atomic E-state index is 10.7. The van der Waals surface area contributed by atoms with Crippen molar-refractivity contribution in [3.8, 4) is 0 Å². The second-order valence-corrected chi connectivity index (χ2v) is 5.48. The molecule has 0 aliphatic heterocycles. The van der Waals surface area contributed by atoms with Gasteiger partial charge >= 0.3 is 0 Å². The molecule has 0 aliphatic rings. The number of sulfonamides is 1. The summed E-state index contributed by atoms with van der Waals surface area (Å²) in [6, 6.07) is 0. The monoisotopic (exact) mass is 192 g/mol. The van der Waals surface area contributed by atoms with Gasteiger partial charge in [-0.05, 0) is 20.8 Å². The van der Waals surface area contributed by atoms with Crippen LogP contribution in [0.3, 0.4) is 0 Å². The van der Waals surface area contributed by atoms with Crippen LogP contribution in [0.25, 0.3) is 0 Å². The Balaban J connectivity index is 4.10. The molecular weight excluding hydrogens is 176 g/mol. The molecule has 0 aromatic heterocycles. The molecule has 0 radical (unpaired) electrons. The van der Waals surface area contributed by atoms with Gasteiger partial charge in [0.05, 0.1) is 6.26 Å². The zero-order chi connectivity index (χ0) is 9.99. The SMILES string of the molecule is C=C(NC(C)(C)C)NS(C)(=O)=O. The molecule has 2 N–H and O–H groups in total. The lowest BCUT2D eigenvalue weighted by Crippen LogP contribution is -2.41. The van der Waals surface area contributed by atoms with Gasteiger partial charge in [-0.3, -0.25) is 4.72 Å². The van der Waals surface area contributed by atoms with Gasteiger partial charge in [-0.25, -0.2) is 8.42 Å². The molecule has 0 fully saturated rings. The zero-order valence-corrected chi connectivity index (χ0v) is 8.75. The molecule has 0 aromatic rings. The second kappa shape index (κ2) is 3.35. The Morgan fingerprint density at radius 3 is 2.00 bits per heavy atom. The number of rotatable bonds is 3. The van der Waals surface area contributed by atoms with Crippen molar-refractivity contribution in [1.82, 2.24) is 10.0 Å². The van der Waals surface area contributed by atoms with Gasteiger partial charge in [0.2, 0.25) is 10.0 Å². The molecule has 0 heterocycles. The molecule has 0 rings (SSSR count). The predicted octanol–water partition coefficient (Wildman–Crippen LogP) is 0.395. The standard InChI is InChI=1S/C7H16N2O2S/c1-6(8-7(2,3)4)9-12(5,10)11/h8-9H,1H2,2-5H3. The smallest absolute Gasteiger partial charge is 0.230 e. The Bertz CT molecular complexity index is 262. The van der Waals surface area contributed by atoms with E-state index in [4.69, 9.17) is 0 Å². The number of hydrogen-bond acceptors (Lipinski definition) is 3. The molecule has 12 heavy (non-hydrogen) atoms. The van der Waals surface area contributed by atoms with E-state index in [0.29, 0.717) is 5.82 Å². The van der Waals surface area contributed by atoms with Gasteiger partial charge in [-0.15, -0.1) is 0 Å². The topological polar surface area (TPSA) is 58.2 Å². The van der Waals surface area contributed by atoms with Crippen LogP contribution in [0, 0.1) is 0 Å². The minimum Gasteiger partial charge on any atom is -0.367 e. The second-order valence-electron chi connectivity index (χ2n) is 3.73. The summed E-state index contributed by atoms with van der Waals surface area (Å²) in [5.74, 6) is 0.296. The van der Waals surface area contributed by atoms with Crippen molar-refractivity contribution >= 4 is 10.0 Å². The first-order valence-corrected chi connectivity index (χ1v) is 5.44. The molecule has 0 atom stereocenters. The molecule has 0 aromatic carbocycles. The van der Waals surface area contributed by atoms with Crippen LogP contribution in [0.4, 0.5) is 0 Å². The summed E-state index contributed by atoms with van der Waals surface area (Å²) in [6.07, 6.45) is 1.09. The third kappa shape index (κ3) is 7.40. The van der Waals surface area contributed by atoms with Gasteiger partial charge in [0.1, 0.15) is 5.82 Å². The van der Waals surface area contributed by atoms with Crippen molar-refractivity contribution in [3.63, 3.8) is 0 Å². The van der Waals surface area contributed by atoms with E-state index in [-0.39, 0.29) is 5.54 Å². The molecule has 5 heteroatoms. The largest absolute Gasteiger partial charge is 0.367 e. The first kappa shape index (κ1) is 11.3. The summed E-state index contributed by atoms with van der Waals surface area (Å²) in [6.45, 7) is 9.28. The molecule has 0 amide bonds. The average Bonchev–Trinajstić information content (AvgIpc) is 1.49. The normalized spacial score (nSPS) is 12.3. The average molecular weight is 192 g/mol. The quantitative estimate of drug-likeness (QED) is 0.680. The van der Waals surface area contributed by atoms with E-state index in [9.17, 15) is 8.42 Å². The van der Waals surface area contributed by atoms with Crippen LogP contribution in [-0.4, -0.2) is 20.2 Å². The lowest BCUT2D eigenvalue weighted by Gasteiger charge is -2.23. The molecule has 0 unspecified atom stereocenters. The highest BCUT2D eigenvalue weighted by Gasteiger charge is 2.11. The third-order valence-corrected chi connectivity index (χ3v) is 1.45. The van der Waals surface area contributed by atoms with E-state index in [2.05, 4.69) is 16.6 Å². The van der Waals surface area contributed by atoms with E-state index in [1.165, 1.54) is 0 Å². The summed E-state index contributed by atoms with van der Waals surface area (Å²) in [7, 11) is -3.21. The van der Waals surface area contributed by atoms with E-state index >= 15 is 0 Å². The van der Waals surface area contributed by atoms with Crippen LogP contribution >= 0.6 is 0 Å². The molecule has 4 nitrogen and oxygen atoms in total. The predicted molar refractivity (Wildman–Crippen MR) is 50.0 cm³/mol. The molecule has 0 saturated heterocycles. The van der Waals surface area contributed by atoms with Crippen molar-refractivity contribution in [2.24, 2.45) is 0 Å². The van der Waals surface area contributed by atoms with Crippen molar-refractivity contribution < 1.29 is 8.42 Å². The maximum atomic E-state index is 10.7. The Hall–Kier alpha value is -0.710. The zero-order valence-electron chi connectivity index (χ0n) is 7.93. The maximum Gasteiger partial charge on any atom is 0.230 e. The van der Waals surface area contributed by atoms with Crippen molar-refractivity contribution in [1.29, 1.82) is 0 Å². The van der Waals surface area contributed by atoms with E-state index < -0.39 is 10.0 Å². The first-order valence-electron chi connectivity index (χ1n) is 3.55. The van der Waals surface area contributed by atoms with Crippen LogP contribution in [0.5, 0.6) is 0 Å². The molecule has 72 valence electrons. The summed E-state index contributed by atoms with van der Waals surface area (Å²) >= 11 is 0. The van der Waals surface area contributed by atoms with E-state index in [1.54, 1.807) is 0 Å². The molecule has 0 spiro atoms. The van der Waals surface area contributed by atoms with Crippen molar-refractivity contribution in [2.75, 3.05) is 6.26 Å². The first-order chi connectivity index (χ1) is 5.10. The molecular formula is C7H16N2O2S. The summed E-state index contributed by atoms with van der Waals surface area (Å²) < 4.78 is 23.7. The van der Waals surface area contributed by atoms with E-state index in [0.717, 1.165) is 6.26 Å². The number of hydrogen-bond donors (Lipinski definition) is 2. The Morgan fingerprint density at radius 2 is 1.75 bits per heavy atom. The fourth-order valence-electron chi connectivity index (χ4n) is 0.702. The van der Waals surface area contributed by atoms with Crippen LogP contribution in [-0.2, 0) is 10.0 Å². The highest BCUT2D eigenvalue weighted by Crippen LogP contribution is 2.00. The lowest BCUT2D eigenvalue weighted by molar-refractivity contribution is 0.464. The highest BCUT2D eigenvalue weighted by atomic mass is 32.2. The highest BCUT2D eigenvalue weighted by molar-refractivity contribution is 7.88. The number of nitrogens with one attached hydrogen (secondary N) is 2. The summed E-state index contributed by atoms with van der Waals surface area (Å²) in [4.78, 5) is 0. The van der Waals surface area contributed by atoms with E-state index in [1.807, 2.05) is 20.8 Å². The third-order valence-electron chi connectivity index (χ3n) is 0.834. The van der Waals surface area contributed by atoms with Gasteiger partial charge in [-0.2, -0.15) is 0 Å². The Labute approximate surface area is 74.1 Å². The van der Waals surface area contributed by atoms with Gasteiger partial charge in [0.15, 0.2) is 0 Å². The van der Waals surface area contributed by atoms with Gasteiger partial charge in [0, 0.05) is 5.54 Å². The fourth-order valence-corrected chi connectivity index (χ4v) is 1.20. The van der Waals surface area contributed by atoms with Gasteiger partial charge in [0.25, 0.3) is 0 Å². The van der Waals surface area contributed by atoms with Crippen LogP contribution in [0.15, 0.2) is 12.4 Å².